The fraction of sp³-hybridized carbons (Fsp3) is 0.100. The highest BCUT2D eigenvalue weighted by Gasteiger charge is 2.21. The van der Waals surface area contributed by atoms with Crippen molar-refractivity contribution in [3.8, 4) is 17.3 Å². The van der Waals surface area contributed by atoms with Gasteiger partial charge in [0.1, 0.15) is 11.4 Å². The maximum absolute atomic E-state index is 13.4. The van der Waals surface area contributed by atoms with Crippen LogP contribution >= 0.6 is 0 Å². The second kappa shape index (κ2) is 10.7. The van der Waals surface area contributed by atoms with Crippen molar-refractivity contribution in [2.75, 3.05) is 12.4 Å². The molecule has 3 heterocycles. The van der Waals surface area contributed by atoms with Gasteiger partial charge in [-0.05, 0) is 47.3 Å². The maximum Gasteiger partial charge on any atom is 0.251 e. The number of nitrogens with zero attached hydrogens (tertiary/aromatic N) is 3. The first-order valence-electron chi connectivity index (χ1n) is 12.6. The van der Waals surface area contributed by atoms with Crippen LogP contribution in [-0.4, -0.2) is 43.8 Å². The zero-order chi connectivity index (χ0) is 27.5. The van der Waals surface area contributed by atoms with Gasteiger partial charge in [0, 0.05) is 29.5 Å². The number of imidazole rings is 2. The summed E-state index contributed by atoms with van der Waals surface area (Å²) in [6.07, 6.45) is 4.96. The number of nitrogens with one attached hydrogen (secondary N) is 4. The molecule has 4 N–H and O–H groups in total. The minimum absolute atomic E-state index is 0.0119. The van der Waals surface area contributed by atoms with Crippen LogP contribution in [-0.2, 0) is 4.79 Å². The molecule has 0 aliphatic rings. The summed E-state index contributed by atoms with van der Waals surface area (Å²) < 4.78 is 5.35. The predicted molar refractivity (Wildman–Crippen MR) is 152 cm³/mol. The molecule has 0 saturated heterocycles. The molecule has 6 rings (SSSR count). The first-order valence-corrected chi connectivity index (χ1v) is 12.6. The summed E-state index contributed by atoms with van der Waals surface area (Å²) in [5, 5.41) is 7.82. The number of methoxy groups -OCH3 is 1. The predicted octanol–water partition coefficient (Wildman–Crippen LogP) is 5.01. The number of aromatic nitrogens is 5. The van der Waals surface area contributed by atoms with Crippen LogP contribution in [0.25, 0.3) is 33.3 Å². The van der Waals surface area contributed by atoms with Crippen molar-refractivity contribution in [1.82, 2.24) is 30.2 Å². The summed E-state index contributed by atoms with van der Waals surface area (Å²) in [5.41, 5.74) is 3.26. The summed E-state index contributed by atoms with van der Waals surface area (Å²) in [7, 11) is 1.57. The number of rotatable bonds is 8. The normalized spacial score (nSPS) is 11.8. The Balaban J connectivity index is 1.25. The van der Waals surface area contributed by atoms with Crippen LogP contribution in [0.3, 0.4) is 0 Å². The third kappa shape index (κ3) is 5.23. The number of carbonyl (C=O) groups excluding carboxylic acids is 2. The van der Waals surface area contributed by atoms with Crippen molar-refractivity contribution < 1.29 is 14.3 Å². The number of benzene rings is 3. The number of hydrogen-bond donors (Lipinski definition) is 4. The highest BCUT2D eigenvalue weighted by Crippen LogP contribution is 2.25. The number of aromatic amines is 2. The van der Waals surface area contributed by atoms with E-state index >= 15 is 0 Å². The minimum atomic E-state index is -0.621. The highest BCUT2D eigenvalue weighted by atomic mass is 16.5. The summed E-state index contributed by atoms with van der Waals surface area (Å²) in [5.74, 6) is 0.923. The lowest BCUT2D eigenvalue weighted by atomic mass is 10.0. The SMILES string of the molecule is COc1cccc(C(CC(=O)Nc2ncc[nH]2)NC(=O)c2ccc3[nH]c(-c4cc5ccccc5cn4)nc3c2)c1. The minimum Gasteiger partial charge on any atom is -0.497 e. The molecular weight excluding hydrogens is 506 g/mol. The molecule has 198 valence electrons. The summed E-state index contributed by atoms with van der Waals surface area (Å²) in [6.45, 7) is 0. The number of ether oxygens (including phenoxy) is 1. The zero-order valence-corrected chi connectivity index (χ0v) is 21.5. The quantitative estimate of drug-likeness (QED) is 0.218. The third-order valence-corrected chi connectivity index (χ3v) is 6.57. The number of H-pyrrole nitrogens is 2. The summed E-state index contributed by atoms with van der Waals surface area (Å²) >= 11 is 0. The molecule has 3 aromatic carbocycles. The Hall–Kier alpha value is -5.51. The molecule has 3 aromatic heterocycles. The van der Waals surface area contributed by atoms with E-state index in [0.29, 0.717) is 34.3 Å². The van der Waals surface area contributed by atoms with Crippen molar-refractivity contribution >= 4 is 39.6 Å². The molecule has 40 heavy (non-hydrogen) atoms. The van der Waals surface area contributed by atoms with Crippen LogP contribution in [0.2, 0.25) is 0 Å². The van der Waals surface area contributed by atoms with Crippen LogP contribution in [0.15, 0.2) is 91.4 Å². The smallest absolute Gasteiger partial charge is 0.251 e. The van der Waals surface area contributed by atoms with Gasteiger partial charge in [0.25, 0.3) is 5.91 Å². The van der Waals surface area contributed by atoms with Crippen LogP contribution in [0.1, 0.15) is 28.4 Å². The topological polar surface area (TPSA) is 138 Å². The Kier molecular flexibility index (Phi) is 6.63. The average Bonchev–Trinajstić information content (AvgIpc) is 3.66. The van der Waals surface area contributed by atoms with Gasteiger partial charge in [-0.3, -0.25) is 19.9 Å². The van der Waals surface area contributed by atoms with Gasteiger partial charge in [0.2, 0.25) is 11.9 Å². The monoisotopic (exact) mass is 531 g/mol. The number of pyridine rings is 1. The lowest BCUT2D eigenvalue weighted by Crippen LogP contribution is -2.31. The lowest BCUT2D eigenvalue weighted by molar-refractivity contribution is -0.116. The van der Waals surface area contributed by atoms with Crippen LogP contribution in [0.5, 0.6) is 5.75 Å². The van der Waals surface area contributed by atoms with Gasteiger partial charge in [-0.15, -0.1) is 0 Å². The second-order valence-corrected chi connectivity index (χ2v) is 9.23. The van der Waals surface area contributed by atoms with E-state index in [1.165, 1.54) is 0 Å². The largest absolute Gasteiger partial charge is 0.497 e. The van der Waals surface area contributed by atoms with Crippen molar-refractivity contribution in [2.24, 2.45) is 0 Å². The van der Waals surface area contributed by atoms with Crippen molar-refractivity contribution in [3.05, 3.63) is 103 Å². The van der Waals surface area contributed by atoms with Crippen LogP contribution in [0.4, 0.5) is 5.95 Å². The molecule has 1 unspecified atom stereocenters. The maximum atomic E-state index is 13.4. The van der Waals surface area contributed by atoms with E-state index in [0.717, 1.165) is 21.9 Å². The standard InChI is InChI=1S/C30H25N7O3/c1-40-22-8-4-7-19(13-22)24(16-27(38)37-30-31-11-12-32-30)36-29(39)20-9-10-23-25(15-20)35-28(34-23)26-14-18-5-2-3-6-21(18)17-33-26/h2-15,17,24H,16H2,1H3,(H,34,35)(H,36,39)(H2,31,32,37,38). The number of carbonyl (C=O) groups is 2. The molecular formula is C30H25N7O3. The fourth-order valence-electron chi connectivity index (χ4n) is 4.54. The molecule has 0 fully saturated rings. The molecule has 0 aliphatic heterocycles. The summed E-state index contributed by atoms with van der Waals surface area (Å²) in [6, 6.07) is 21.9. The van der Waals surface area contributed by atoms with Crippen molar-refractivity contribution in [2.45, 2.75) is 12.5 Å². The second-order valence-electron chi connectivity index (χ2n) is 9.23. The van der Waals surface area contributed by atoms with E-state index in [9.17, 15) is 9.59 Å². The van der Waals surface area contributed by atoms with E-state index in [2.05, 4.69) is 30.6 Å². The van der Waals surface area contributed by atoms with Gasteiger partial charge in [0.15, 0.2) is 5.82 Å². The van der Waals surface area contributed by atoms with Crippen LogP contribution in [0, 0.1) is 0 Å². The molecule has 0 radical (unpaired) electrons. The number of hydrogen-bond acceptors (Lipinski definition) is 6. The molecule has 2 amide bonds. The Morgan fingerprint density at radius 3 is 2.67 bits per heavy atom. The molecule has 0 spiro atoms. The van der Waals surface area contributed by atoms with E-state index in [1.54, 1.807) is 43.8 Å². The van der Waals surface area contributed by atoms with E-state index < -0.39 is 6.04 Å². The van der Waals surface area contributed by atoms with Gasteiger partial charge in [-0.25, -0.2) is 9.97 Å². The van der Waals surface area contributed by atoms with E-state index in [-0.39, 0.29) is 18.2 Å². The number of anilines is 1. The molecule has 6 aromatic rings. The van der Waals surface area contributed by atoms with Gasteiger partial charge >= 0.3 is 0 Å². The zero-order valence-electron chi connectivity index (χ0n) is 21.5. The first kappa shape index (κ1) is 24.8. The van der Waals surface area contributed by atoms with Gasteiger partial charge in [0.05, 0.1) is 30.6 Å². The first-order chi connectivity index (χ1) is 19.6. The fourth-order valence-corrected chi connectivity index (χ4v) is 4.54. The highest BCUT2D eigenvalue weighted by molar-refractivity contribution is 5.98. The van der Waals surface area contributed by atoms with Crippen LogP contribution < -0.4 is 15.4 Å². The molecule has 0 saturated carbocycles. The number of fused-ring (bicyclic) bond motifs is 2. The average molecular weight is 532 g/mol. The third-order valence-electron chi connectivity index (χ3n) is 6.57. The Morgan fingerprint density at radius 1 is 0.975 bits per heavy atom. The summed E-state index contributed by atoms with van der Waals surface area (Å²) in [4.78, 5) is 45.6. The molecule has 10 heteroatoms. The Labute approximate surface area is 228 Å². The lowest BCUT2D eigenvalue weighted by Gasteiger charge is -2.19. The van der Waals surface area contributed by atoms with Crippen molar-refractivity contribution in [1.29, 1.82) is 0 Å². The van der Waals surface area contributed by atoms with Gasteiger partial charge in [-0.2, -0.15) is 0 Å². The Morgan fingerprint density at radius 2 is 1.85 bits per heavy atom. The molecule has 0 aliphatic carbocycles. The number of amides is 2. The van der Waals surface area contributed by atoms with Gasteiger partial charge in [-0.1, -0.05) is 36.4 Å². The van der Waals surface area contributed by atoms with Crippen molar-refractivity contribution in [3.63, 3.8) is 0 Å². The van der Waals surface area contributed by atoms with Gasteiger partial charge < -0.3 is 20.0 Å². The molecule has 10 nitrogen and oxygen atoms in total. The Bertz CT molecular complexity index is 1830. The molecule has 0 bridgehead atoms. The van der Waals surface area contributed by atoms with E-state index in [4.69, 9.17) is 9.72 Å². The van der Waals surface area contributed by atoms with E-state index in [1.807, 2.05) is 54.7 Å². The molecule has 1 atom stereocenters.